The van der Waals surface area contributed by atoms with Gasteiger partial charge in [0.15, 0.2) is 0 Å². The highest BCUT2D eigenvalue weighted by Gasteiger charge is 2.33. The number of anilines is 1. The topological polar surface area (TPSA) is 76.4 Å². The Hall–Kier alpha value is -3.42. The van der Waals surface area contributed by atoms with Crippen LogP contribution in [0.5, 0.6) is 5.75 Å². The highest BCUT2D eigenvalue weighted by molar-refractivity contribution is 5.78. The van der Waals surface area contributed by atoms with E-state index in [2.05, 4.69) is 21.5 Å². The van der Waals surface area contributed by atoms with Crippen LogP contribution in [0.4, 0.5) is 5.95 Å². The highest BCUT2D eigenvalue weighted by Crippen LogP contribution is 2.38. The van der Waals surface area contributed by atoms with Gasteiger partial charge in [-0.2, -0.15) is 0 Å². The van der Waals surface area contributed by atoms with Crippen molar-refractivity contribution in [2.45, 2.75) is 45.2 Å². The molecule has 0 bridgehead atoms. The molecule has 0 unspecified atom stereocenters. The molecule has 1 atom stereocenters. The molecule has 4 rings (SSSR count). The van der Waals surface area contributed by atoms with E-state index in [0.717, 1.165) is 54.2 Å². The van der Waals surface area contributed by atoms with Gasteiger partial charge in [-0.1, -0.05) is 19.1 Å². The van der Waals surface area contributed by atoms with Crippen LogP contribution in [0.15, 0.2) is 42.9 Å². The van der Waals surface area contributed by atoms with E-state index in [4.69, 9.17) is 9.72 Å². The van der Waals surface area contributed by atoms with Crippen molar-refractivity contribution >= 4 is 11.9 Å². The zero-order chi connectivity index (χ0) is 23.4. The molecule has 2 aromatic heterocycles. The summed E-state index contributed by atoms with van der Waals surface area (Å²) in [4.78, 5) is 31.0. The number of aromatic nitrogens is 4. The molecule has 0 radical (unpaired) electrons. The normalized spacial score (nSPS) is 15.6. The fraction of sp³-hybridized carbons (Fsp3) is 0.440. The second-order valence-electron chi connectivity index (χ2n) is 8.48. The van der Waals surface area contributed by atoms with Crippen molar-refractivity contribution in [3.63, 3.8) is 0 Å². The maximum absolute atomic E-state index is 13.3. The van der Waals surface area contributed by atoms with Gasteiger partial charge in [0.05, 0.1) is 18.8 Å². The Labute approximate surface area is 195 Å². The maximum Gasteiger partial charge on any atom is 0.225 e. The first-order valence-corrected chi connectivity index (χ1v) is 11.5. The van der Waals surface area contributed by atoms with Gasteiger partial charge in [0.25, 0.3) is 0 Å². The molecule has 8 heteroatoms. The second kappa shape index (κ2) is 10.0. The highest BCUT2D eigenvalue weighted by atomic mass is 16.5. The summed E-state index contributed by atoms with van der Waals surface area (Å²) < 4.78 is 7.50. The number of hydrogen-bond donors (Lipinski definition) is 0. The minimum Gasteiger partial charge on any atom is -0.497 e. The number of aryl methyl sites for hydroxylation is 2. The Morgan fingerprint density at radius 2 is 2.12 bits per heavy atom. The lowest BCUT2D eigenvalue weighted by Gasteiger charge is -2.27. The van der Waals surface area contributed by atoms with E-state index in [9.17, 15) is 4.79 Å². The van der Waals surface area contributed by atoms with Gasteiger partial charge in [-0.25, -0.2) is 15.0 Å². The number of rotatable bonds is 8. The zero-order valence-electron chi connectivity index (χ0n) is 19.9. The van der Waals surface area contributed by atoms with Gasteiger partial charge in [-0.3, -0.25) is 4.79 Å². The summed E-state index contributed by atoms with van der Waals surface area (Å²) in [5.41, 5.74) is 2.82. The van der Waals surface area contributed by atoms with Crippen molar-refractivity contribution in [1.29, 1.82) is 0 Å². The zero-order valence-corrected chi connectivity index (χ0v) is 19.9. The summed E-state index contributed by atoms with van der Waals surface area (Å²) in [6, 6.07) is 7.83. The van der Waals surface area contributed by atoms with Crippen molar-refractivity contribution in [2.75, 3.05) is 32.6 Å². The summed E-state index contributed by atoms with van der Waals surface area (Å²) in [5, 5.41) is 0. The number of nitrogens with zero attached hydrogens (tertiary/aromatic N) is 6. The molecule has 0 aliphatic carbocycles. The van der Waals surface area contributed by atoms with Crippen LogP contribution in [0.2, 0.25) is 0 Å². The first-order chi connectivity index (χ1) is 16.0. The SMILES string of the molecule is CCc1nccn1CCC(=O)N1CCC[C@H]1c1nc(N(C)C)ncc1-c1cccc(OC)c1. The van der Waals surface area contributed by atoms with E-state index >= 15 is 0 Å². The van der Waals surface area contributed by atoms with Crippen LogP contribution in [0.25, 0.3) is 11.1 Å². The van der Waals surface area contributed by atoms with E-state index in [-0.39, 0.29) is 11.9 Å². The molecule has 0 N–H and O–H groups in total. The molecule has 0 saturated carbocycles. The third kappa shape index (κ3) is 4.84. The van der Waals surface area contributed by atoms with Crippen LogP contribution in [0, 0.1) is 0 Å². The minimum atomic E-state index is -0.0752. The molecule has 1 fully saturated rings. The number of methoxy groups -OCH3 is 1. The van der Waals surface area contributed by atoms with Crippen LogP contribution < -0.4 is 9.64 Å². The summed E-state index contributed by atoms with van der Waals surface area (Å²) in [7, 11) is 5.52. The molecule has 0 spiro atoms. The van der Waals surface area contributed by atoms with Crippen LogP contribution in [0.1, 0.15) is 43.7 Å². The van der Waals surface area contributed by atoms with Gasteiger partial charge in [0.2, 0.25) is 11.9 Å². The van der Waals surface area contributed by atoms with Gasteiger partial charge >= 0.3 is 0 Å². The minimum absolute atomic E-state index is 0.0752. The number of hydrogen-bond acceptors (Lipinski definition) is 6. The van der Waals surface area contributed by atoms with E-state index in [0.29, 0.717) is 18.9 Å². The van der Waals surface area contributed by atoms with Crippen molar-refractivity contribution in [2.24, 2.45) is 0 Å². The standard InChI is InChI=1S/C25H32N6O2/c1-5-22-26-12-15-30(22)14-11-23(32)31-13-7-10-21(31)24-20(17-27-25(28-24)29(2)3)18-8-6-9-19(16-18)33-4/h6,8-9,12,15-17,21H,5,7,10-11,13-14H2,1-4H3/t21-/m0/s1. The molecule has 8 nitrogen and oxygen atoms in total. The van der Waals surface area contributed by atoms with Gasteiger partial charge in [0.1, 0.15) is 11.6 Å². The summed E-state index contributed by atoms with van der Waals surface area (Å²) >= 11 is 0. The number of imidazole rings is 1. The van der Waals surface area contributed by atoms with E-state index < -0.39 is 0 Å². The lowest BCUT2D eigenvalue weighted by atomic mass is 9.99. The molecule has 1 saturated heterocycles. The largest absolute Gasteiger partial charge is 0.497 e. The van der Waals surface area contributed by atoms with Gasteiger partial charge < -0.3 is 19.1 Å². The number of amides is 1. The molecular weight excluding hydrogens is 416 g/mol. The molecule has 1 aliphatic rings. The third-order valence-electron chi connectivity index (χ3n) is 6.16. The van der Waals surface area contributed by atoms with Crippen molar-refractivity contribution in [3.05, 3.63) is 54.4 Å². The van der Waals surface area contributed by atoms with Crippen LogP contribution in [-0.4, -0.2) is 58.1 Å². The summed E-state index contributed by atoms with van der Waals surface area (Å²) in [5.74, 6) is 2.57. The fourth-order valence-electron chi connectivity index (χ4n) is 4.43. The average Bonchev–Trinajstić information content (AvgIpc) is 3.51. The summed E-state index contributed by atoms with van der Waals surface area (Å²) in [6.07, 6.45) is 8.75. The lowest BCUT2D eigenvalue weighted by molar-refractivity contribution is -0.132. The lowest BCUT2D eigenvalue weighted by Crippen LogP contribution is -2.32. The number of ether oxygens (including phenoxy) is 1. The first-order valence-electron chi connectivity index (χ1n) is 11.5. The van der Waals surface area contributed by atoms with Crippen molar-refractivity contribution in [3.8, 4) is 16.9 Å². The molecule has 3 heterocycles. The first kappa shape index (κ1) is 22.8. The quantitative estimate of drug-likeness (QED) is 0.523. The van der Waals surface area contributed by atoms with Gasteiger partial charge in [-0.15, -0.1) is 0 Å². The summed E-state index contributed by atoms with van der Waals surface area (Å²) in [6.45, 7) is 3.46. The van der Waals surface area contributed by atoms with Crippen molar-refractivity contribution < 1.29 is 9.53 Å². The van der Waals surface area contributed by atoms with Gasteiger partial charge in [-0.05, 0) is 30.5 Å². The van der Waals surface area contributed by atoms with Crippen molar-refractivity contribution in [1.82, 2.24) is 24.4 Å². The molecule has 174 valence electrons. The predicted molar refractivity (Wildman–Crippen MR) is 128 cm³/mol. The average molecular weight is 449 g/mol. The van der Waals surface area contributed by atoms with Crippen LogP contribution in [0.3, 0.4) is 0 Å². The second-order valence-corrected chi connectivity index (χ2v) is 8.48. The number of carbonyl (C=O) groups is 1. The molecular formula is C25H32N6O2. The number of benzene rings is 1. The van der Waals surface area contributed by atoms with Gasteiger partial charge in [0, 0.05) is 64.2 Å². The predicted octanol–water partition coefficient (Wildman–Crippen LogP) is 3.73. The molecule has 1 amide bonds. The Kier molecular flexibility index (Phi) is 6.91. The number of likely N-dealkylation sites (tertiary alicyclic amines) is 1. The third-order valence-corrected chi connectivity index (χ3v) is 6.16. The Bertz CT molecular complexity index is 1110. The smallest absolute Gasteiger partial charge is 0.225 e. The monoisotopic (exact) mass is 448 g/mol. The molecule has 1 aliphatic heterocycles. The Morgan fingerprint density at radius 1 is 1.27 bits per heavy atom. The van der Waals surface area contributed by atoms with E-state index in [1.165, 1.54) is 0 Å². The van der Waals surface area contributed by atoms with Crippen LogP contribution in [-0.2, 0) is 17.8 Å². The molecule has 3 aromatic rings. The fourth-order valence-corrected chi connectivity index (χ4v) is 4.43. The van der Waals surface area contributed by atoms with Crippen LogP contribution >= 0.6 is 0 Å². The Balaban J connectivity index is 1.64. The Morgan fingerprint density at radius 3 is 2.88 bits per heavy atom. The number of carbonyl (C=O) groups excluding carboxylic acids is 1. The van der Waals surface area contributed by atoms with E-state index in [1.54, 1.807) is 13.3 Å². The molecule has 1 aromatic carbocycles. The maximum atomic E-state index is 13.3. The molecule has 33 heavy (non-hydrogen) atoms. The van der Waals surface area contributed by atoms with E-state index in [1.807, 2.05) is 60.6 Å².